The van der Waals surface area contributed by atoms with Crippen LogP contribution in [-0.4, -0.2) is 10.1 Å². The average molecular weight is 204 g/mol. The molecule has 76 valence electrons. The Morgan fingerprint density at radius 1 is 1.33 bits per heavy atom. The van der Waals surface area contributed by atoms with Gasteiger partial charge in [0.05, 0.1) is 4.92 Å². The van der Waals surface area contributed by atoms with E-state index in [1.54, 1.807) is 12.1 Å². The predicted molar refractivity (Wildman–Crippen MR) is 53.3 cm³/mol. The molecular weight excluding hydrogens is 196 g/mol. The van der Waals surface area contributed by atoms with E-state index in [-0.39, 0.29) is 11.4 Å². The van der Waals surface area contributed by atoms with Crippen LogP contribution in [0.4, 0.5) is 5.69 Å². The first-order valence-corrected chi connectivity index (χ1v) is 4.34. The van der Waals surface area contributed by atoms with Gasteiger partial charge in [-0.2, -0.15) is 0 Å². The normalized spacial score (nSPS) is 10.2. The van der Waals surface area contributed by atoms with Crippen molar-refractivity contribution in [2.75, 3.05) is 0 Å². The maximum absolute atomic E-state index is 10.6. The molecule has 0 unspecified atom stereocenters. The van der Waals surface area contributed by atoms with E-state index in [4.69, 9.17) is 0 Å². The molecule has 0 bridgehead atoms. The summed E-state index contributed by atoms with van der Waals surface area (Å²) in [7, 11) is 0. The predicted octanol–water partition coefficient (Wildman–Crippen LogP) is 2.56. The molecule has 2 rings (SSSR count). The highest BCUT2D eigenvalue weighted by Gasteiger charge is 2.19. The Hall–Kier alpha value is -2.17. The molecule has 0 aliphatic rings. The maximum Gasteiger partial charge on any atom is 0.336 e. The van der Waals surface area contributed by atoms with E-state index in [2.05, 4.69) is 9.68 Å². The second kappa shape index (κ2) is 3.53. The van der Waals surface area contributed by atoms with Crippen LogP contribution < -0.4 is 0 Å². The topological polar surface area (TPSA) is 69.2 Å². The van der Waals surface area contributed by atoms with Gasteiger partial charge in [0.2, 0.25) is 6.26 Å². The van der Waals surface area contributed by atoms with Crippen molar-refractivity contribution in [1.29, 1.82) is 0 Å². The van der Waals surface area contributed by atoms with Crippen LogP contribution in [0, 0.1) is 17.0 Å². The first-order chi connectivity index (χ1) is 7.18. The molecular formula is C10H8N2O3. The highest BCUT2D eigenvalue weighted by Crippen LogP contribution is 2.27. The Bertz CT molecular complexity index is 488. The SMILES string of the molecule is Cc1ccc(-c2nocc2[N+](=O)[O-])cc1. The van der Waals surface area contributed by atoms with Gasteiger partial charge in [0.25, 0.3) is 0 Å². The number of aromatic nitrogens is 1. The van der Waals surface area contributed by atoms with Gasteiger partial charge < -0.3 is 4.52 Å². The fourth-order valence-electron chi connectivity index (χ4n) is 1.27. The Morgan fingerprint density at radius 3 is 2.60 bits per heavy atom. The summed E-state index contributed by atoms with van der Waals surface area (Å²) in [4.78, 5) is 10.1. The van der Waals surface area contributed by atoms with Crippen molar-refractivity contribution >= 4 is 5.69 Å². The number of rotatable bonds is 2. The molecule has 2 aromatic rings. The number of hydrogen-bond donors (Lipinski definition) is 0. The zero-order chi connectivity index (χ0) is 10.8. The molecule has 0 radical (unpaired) electrons. The summed E-state index contributed by atoms with van der Waals surface area (Å²) in [5.41, 5.74) is 1.92. The van der Waals surface area contributed by atoms with E-state index in [9.17, 15) is 10.1 Å². The number of hydrogen-bond acceptors (Lipinski definition) is 4. The highest BCUT2D eigenvalue weighted by molar-refractivity contribution is 5.68. The van der Waals surface area contributed by atoms with E-state index in [0.717, 1.165) is 11.8 Å². The van der Waals surface area contributed by atoms with Crippen molar-refractivity contribution in [2.24, 2.45) is 0 Å². The smallest absolute Gasteiger partial charge is 0.336 e. The van der Waals surface area contributed by atoms with Gasteiger partial charge in [-0.15, -0.1) is 0 Å². The fraction of sp³-hybridized carbons (Fsp3) is 0.100. The molecule has 5 heteroatoms. The van der Waals surface area contributed by atoms with E-state index in [1.807, 2.05) is 19.1 Å². The quantitative estimate of drug-likeness (QED) is 0.556. The summed E-state index contributed by atoms with van der Waals surface area (Å²) in [5.74, 6) is 0. The zero-order valence-electron chi connectivity index (χ0n) is 8.01. The van der Waals surface area contributed by atoms with Crippen LogP contribution in [0.5, 0.6) is 0 Å². The summed E-state index contributed by atoms with van der Waals surface area (Å²) in [6, 6.07) is 7.29. The lowest BCUT2D eigenvalue weighted by atomic mass is 10.1. The zero-order valence-corrected chi connectivity index (χ0v) is 8.01. The Labute approximate surface area is 85.5 Å². The highest BCUT2D eigenvalue weighted by atomic mass is 16.6. The molecule has 0 aliphatic heterocycles. The van der Waals surface area contributed by atoms with Gasteiger partial charge in [0.15, 0.2) is 5.69 Å². The maximum atomic E-state index is 10.6. The van der Waals surface area contributed by atoms with Crippen molar-refractivity contribution in [3.63, 3.8) is 0 Å². The molecule has 15 heavy (non-hydrogen) atoms. The van der Waals surface area contributed by atoms with E-state index in [0.29, 0.717) is 5.56 Å². The number of benzene rings is 1. The Balaban J connectivity index is 2.49. The number of aryl methyl sites for hydroxylation is 1. The largest absolute Gasteiger partial charge is 0.357 e. The standard InChI is InChI=1S/C10H8N2O3/c1-7-2-4-8(5-3-7)10-9(12(13)14)6-15-11-10/h2-6H,1H3. The summed E-state index contributed by atoms with van der Waals surface area (Å²) in [6.45, 7) is 1.95. The lowest BCUT2D eigenvalue weighted by Gasteiger charge is -1.96. The molecule has 1 aromatic heterocycles. The third kappa shape index (κ3) is 1.71. The third-order valence-corrected chi connectivity index (χ3v) is 2.07. The average Bonchev–Trinajstić information content (AvgIpc) is 2.67. The van der Waals surface area contributed by atoms with Gasteiger partial charge in [0, 0.05) is 5.56 Å². The summed E-state index contributed by atoms with van der Waals surface area (Å²) in [5, 5.41) is 14.2. The van der Waals surface area contributed by atoms with E-state index >= 15 is 0 Å². The van der Waals surface area contributed by atoms with E-state index in [1.165, 1.54) is 0 Å². The first-order valence-electron chi connectivity index (χ1n) is 4.34. The minimum Gasteiger partial charge on any atom is -0.357 e. The third-order valence-electron chi connectivity index (χ3n) is 2.07. The molecule has 1 aromatic carbocycles. The molecule has 0 fully saturated rings. The van der Waals surface area contributed by atoms with Crippen LogP contribution >= 0.6 is 0 Å². The van der Waals surface area contributed by atoms with Crippen molar-refractivity contribution < 1.29 is 9.45 Å². The first kappa shape index (κ1) is 9.39. The molecule has 0 spiro atoms. The van der Waals surface area contributed by atoms with Crippen molar-refractivity contribution in [1.82, 2.24) is 5.16 Å². The molecule has 0 aliphatic carbocycles. The van der Waals surface area contributed by atoms with Gasteiger partial charge in [-0.05, 0) is 6.92 Å². The van der Waals surface area contributed by atoms with Crippen LogP contribution in [0.3, 0.4) is 0 Å². The van der Waals surface area contributed by atoms with Gasteiger partial charge >= 0.3 is 5.69 Å². The minimum atomic E-state index is -0.508. The molecule has 0 saturated heterocycles. The Morgan fingerprint density at radius 2 is 2.00 bits per heavy atom. The lowest BCUT2D eigenvalue weighted by molar-refractivity contribution is -0.384. The lowest BCUT2D eigenvalue weighted by Crippen LogP contribution is -1.89. The van der Waals surface area contributed by atoms with Crippen LogP contribution in [-0.2, 0) is 0 Å². The van der Waals surface area contributed by atoms with Gasteiger partial charge in [-0.25, -0.2) is 0 Å². The van der Waals surface area contributed by atoms with Gasteiger partial charge in [0.1, 0.15) is 0 Å². The summed E-state index contributed by atoms with van der Waals surface area (Å²) < 4.78 is 4.60. The second-order valence-corrected chi connectivity index (χ2v) is 3.17. The van der Waals surface area contributed by atoms with Crippen molar-refractivity contribution in [3.05, 3.63) is 46.2 Å². The van der Waals surface area contributed by atoms with Crippen molar-refractivity contribution in [3.8, 4) is 11.3 Å². The van der Waals surface area contributed by atoms with Crippen LogP contribution in [0.1, 0.15) is 5.56 Å². The molecule has 0 atom stereocenters. The fourth-order valence-corrected chi connectivity index (χ4v) is 1.27. The monoisotopic (exact) mass is 204 g/mol. The second-order valence-electron chi connectivity index (χ2n) is 3.17. The molecule has 1 heterocycles. The number of nitrogens with zero attached hydrogens (tertiary/aromatic N) is 2. The molecule has 5 nitrogen and oxygen atoms in total. The van der Waals surface area contributed by atoms with Crippen LogP contribution in [0.2, 0.25) is 0 Å². The van der Waals surface area contributed by atoms with Gasteiger partial charge in [-0.3, -0.25) is 10.1 Å². The van der Waals surface area contributed by atoms with Gasteiger partial charge in [-0.1, -0.05) is 35.0 Å². The minimum absolute atomic E-state index is 0.112. The molecule has 0 saturated carbocycles. The van der Waals surface area contributed by atoms with E-state index < -0.39 is 4.92 Å². The summed E-state index contributed by atoms with van der Waals surface area (Å²) in [6.07, 6.45) is 1.04. The molecule has 0 amide bonds. The number of nitro groups is 1. The Kier molecular flexibility index (Phi) is 2.21. The van der Waals surface area contributed by atoms with Crippen LogP contribution in [0.15, 0.2) is 35.1 Å². The van der Waals surface area contributed by atoms with Crippen molar-refractivity contribution in [2.45, 2.75) is 6.92 Å². The molecule has 0 N–H and O–H groups in total. The summed E-state index contributed by atoms with van der Waals surface area (Å²) >= 11 is 0. The van der Waals surface area contributed by atoms with Crippen LogP contribution in [0.25, 0.3) is 11.3 Å².